The van der Waals surface area contributed by atoms with Crippen molar-refractivity contribution >= 4 is 11.0 Å². The van der Waals surface area contributed by atoms with E-state index in [0.29, 0.717) is 13.0 Å². The van der Waals surface area contributed by atoms with E-state index in [4.69, 9.17) is 9.72 Å². The summed E-state index contributed by atoms with van der Waals surface area (Å²) >= 11 is 0. The van der Waals surface area contributed by atoms with Crippen molar-refractivity contribution in [3.8, 4) is 5.75 Å². The summed E-state index contributed by atoms with van der Waals surface area (Å²) in [6.07, 6.45) is 1.47. The zero-order valence-electron chi connectivity index (χ0n) is 15.2. The fourth-order valence-corrected chi connectivity index (χ4v) is 3.09. The molecule has 1 heterocycles. The Labute approximate surface area is 149 Å². The molecule has 0 aliphatic carbocycles. The Morgan fingerprint density at radius 1 is 1.04 bits per heavy atom. The van der Waals surface area contributed by atoms with E-state index in [1.54, 1.807) is 0 Å². The molecule has 2 aromatic carbocycles. The van der Waals surface area contributed by atoms with Gasteiger partial charge in [0.2, 0.25) is 0 Å². The third-order valence-corrected chi connectivity index (χ3v) is 4.66. The van der Waals surface area contributed by atoms with Crippen LogP contribution in [0.2, 0.25) is 0 Å². The predicted molar refractivity (Wildman–Crippen MR) is 101 cm³/mol. The molecule has 0 saturated carbocycles. The van der Waals surface area contributed by atoms with E-state index in [1.807, 2.05) is 18.2 Å². The fraction of sp³-hybridized carbons (Fsp3) is 0.381. The topological polar surface area (TPSA) is 47.3 Å². The molecular formula is C21H26N2O2. The van der Waals surface area contributed by atoms with Crippen molar-refractivity contribution in [2.75, 3.05) is 13.2 Å². The molecule has 0 unspecified atom stereocenters. The van der Waals surface area contributed by atoms with Crippen LogP contribution in [0.5, 0.6) is 5.75 Å². The summed E-state index contributed by atoms with van der Waals surface area (Å²) in [4.78, 5) is 4.72. The van der Waals surface area contributed by atoms with Crippen LogP contribution >= 0.6 is 0 Å². The van der Waals surface area contributed by atoms with Gasteiger partial charge < -0.3 is 14.4 Å². The summed E-state index contributed by atoms with van der Waals surface area (Å²) in [6.45, 7) is 7.90. The van der Waals surface area contributed by atoms with Crippen molar-refractivity contribution in [1.82, 2.24) is 9.55 Å². The predicted octanol–water partition coefficient (Wildman–Crippen LogP) is 3.97. The van der Waals surface area contributed by atoms with Gasteiger partial charge in [0.25, 0.3) is 0 Å². The Bertz CT molecular complexity index is 868. The Morgan fingerprint density at radius 3 is 2.56 bits per heavy atom. The van der Waals surface area contributed by atoms with Gasteiger partial charge in [-0.15, -0.1) is 0 Å². The van der Waals surface area contributed by atoms with Gasteiger partial charge in [0, 0.05) is 13.0 Å². The second kappa shape index (κ2) is 7.70. The van der Waals surface area contributed by atoms with Gasteiger partial charge in [0.1, 0.15) is 11.6 Å². The molecule has 0 fully saturated rings. The molecule has 0 atom stereocenters. The standard InChI is InChI=1S/C21H26N2O2/c1-15-7-4-5-8-20(15)25-12-6-10-23-19-14-17(3)16(2)13-18(19)22-21(23)9-11-24/h4-5,7-8,13-14,24H,6,9-12H2,1-3H3. The average molecular weight is 338 g/mol. The van der Waals surface area contributed by atoms with E-state index in [0.717, 1.165) is 41.1 Å². The fourth-order valence-electron chi connectivity index (χ4n) is 3.09. The molecule has 0 aliphatic heterocycles. The summed E-state index contributed by atoms with van der Waals surface area (Å²) in [6, 6.07) is 12.4. The van der Waals surface area contributed by atoms with E-state index in [2.05, 4.69) is 43.5 Å². The molecule has 1 aromatic heterocycles. The maximum absolute atomic E-state index is 9.35. The molecule has 0 spiro atoms. The number of aliphatic hydroxyl groups excluding tert-OH is 1. The van der Waals surface area contributed by atoms with Crippen LogP contribution in [0.25, 0.3) is 11.0 Å². The molecule has 4 nitrogen and oxygen atoms in total. The molecule has 0 saturated heterocycles. The minimum atomic E-state index is 0.112. The molecule has 0 bridgehead atoms. The van der Waals surface area contributed by atoms with Gasteiger partial charge in [-0.2, -0.15) is 0 Å². The smallest absolute Gasteiger partial charge is 0.122 e. The number of imidazole rings is 1. The molecule has 0 aliphatic rings. The van der Waals surface area contributed by atoms with Gasteiger partial charge in [-0.25, -0.2) is 4.98 Å². The van der Waals surface area contributed by atoms with Gasteiger partial charge >= 0.3 is 0 Å². The molecule has 3 rings (SSSR count). The highest BCUT2D eigenvalue weighted by Gasteiger charge is 2.11. The van der Waals surface area contributed by atoms with Crippen molar-refractivity contribution in [3.05, 3.63) is 58.9 Å². The Morgan fingerprint density at radius 2 is 1.80 bits per heavy atom. The third-order valence-electron chi connectivity index (χ3n) is 4.66. The van der Waals surface area contributed by atoms with Crippen molar-refractivity contribution in [2.45, 2.75) is 40.2 Å². The highest BCUT2D eigenvalue weighted by atomic mass is 16.5. The number of nitrogens with zero attached hydrogens (tertiary/aromatic N) is 2. The summed E-state index contributed by atoms with van der Waals surface area (Å²) in [5, 5.41) is 9.35. The first-order chi connectivity index (χ1) is 12.1. The summed E-state index contributed by atoms with van der Waals surface area (Å²) in [7, 11) is 0. The number of aliphatic hydroxyl groups is 1. The second-order valence-electron chi connectivity index (χ2n) is 6.55. The first-order valence-electron chi connectivity index (χ1n) is 8.86. The van der Waals surface area contributed by atoms with E-state index in [9.17, 15) is 5.11 Å². The Kier molecular flexibility index (Phi) is 5.39. The van der Waals surface area contributed by atoms with Crippen LogP contribution < -0.4 is 4.74 Å². The van der Waals surface area contributed by atoms with Crippen LogP contribution in [-0.4, -0.2) is 27.9 Å². The minimum absolute atomic E-state index is 0.112. The van der Waals surface area contributed by atoms with E-state index in [1.165, 1.54) is 11.1 Å². The van der Waals surface area contributed by atoms with Crippen LogP contribution in [0.1, 0.15) is 28.9 Å². The van der Waals surface area contributed by atoms with E-state index in [-0.39, 0.29) is 6.61 Å². The van der Waals surface area contributed by atoms with E-state index < -0.39 is 0 Å². The number of ether oxygens (including phenoxy) is 1. The largest absolute Gasteiger partial charge is 0.493 e. The lowest BCUT2D eigenvalue weighted by Gasteiger charge is -2.11. The lowest BCUT2D eigenvalue weighted by Crippen LogP contribution is -2.09. The maximum Gasteiger partial charge on any atom is 0.122 e. The van der Waals surface area contributed by atoms with Crippen molar-refractivity contribution in [3.63, 3.8) is 0 Å². The van der Waals surface area contributed by atoms with Gasteiger partial charge in [-0.05, 0) is 62.1 Å². The molecule has 1 N–H and O–H groups in total. The van der Waals surface area contributed by atoms with Crippen molar-refractivity contribution in [2.24, 2.45) is 0 Å². The first-order valence-corrected chi connectivity index (χ1v) is 8.86. The van der Waals surface area contributed by atoms with E-state index >= 15 is 0 Å². The minimum Gasteiger partial charge on any atom is -0.493 e. The number of benzene rings is 2. The van der Waals surface area contributed by atoms with Gasteiger partial charge in [-0.1, -0.05) is 18.2 Å². The lowest BCUT2D eigenvalue weighted by molar-refractivity contribution is 0.289. The molecule has 0 radical (unpaired) electrons. The quantitative estimate of drug-likeness (QED) is 0.663. The number of aryl methyl sites for hydroxylation is 4. The number of rotatable bonds is 7. The normalized spacial score (nSPS) is 11.2. The number of para-hydroxylation sites is 1. The SMILES string of the molecule is Cc1cc2nc(CCO)n(CCCOc3ccccc3C)c2cc1C. The number of hydrogen-bond donors (Lipinski definition) is 1. The van der Waals surface area contributed by atoms with Crippen LogP contribution in [0.3, 0.4) is 0 Å². The van der Waals surface area contributed by atoms with Gasteiger partial charge in [0.15, 0.2) is 0 Å². The molecule has 4 heteroatoms. The molecule has 132 valence electrons. The van der Waals surface area contributed by atoms with Crippen molar-refractivity contribution < 1.29 is 9.84 Å². The summed E-state index contributed by atoms with van der Waals surface area (Å²) in [5.74, 6) is 1.89. The maximum atomic E-state index is 9.35. The summed E-state index contributed by atoms with van der Waals surface area (Å²) in [5.41, 5.74) is 5.81. The zero-order valence-corrected chi connectivity index (χ0v) is 15.2. The van der Waals surface area contributed by atoms with Crippen LogP contribution in [0.4, 0.5) is 0 Å². The summed E-state index contributed by atoms with van der Waals surface area (Å²) < 4.78 is 8.13. The molecule has 3 aromatic rings. The Hall–Kier alpha value is -2.33. The monoisotopic (exact) mass is 338 g/mol. The highest BCUT2D eigenvalue weighted by molar-refractivity contribution is 5.78. The van der Waals surface area contributed by atoms with Crippen LogP contribution in [0, 0.1) is 20.8 Å². The van der Waals surface area contributed by atoms with Crippen molar-refractivity contribution in [1.29, 1.82) is 0 Å². The van der Waals surface area contributed by atoms with Crippen LogP contribution in [0.15, 0.2) is 36.4 Å². The highest BCUT2D eigenvalue weighted by Crippen LogP contribution is 2.22. The molecule has 0 amide bonds. The number of fused-ring (bicyclic) bond motifs is 1. The lowest BCUT2D eigenvalue weighted by atomic mass is 10.1. The van der Waals surface area contributed by atoms with Gasteiger partial charge in [-0.3, -0.25) is 0 Å². The molecule has 25 heavy (non-hydrogen) atoms. The zero-order chi connectivity index (χ0) is 17.8. The Balaban J connectivity index is 1.74. The second-order valence-corrected chi connectivity index (χ2v) is 6.55. The number of hydrogen-bond acceptors (Lipinski definition) is 3. The van der Waals surface area contributed by atoms with Gasteiger partial charge in [0.05, 0.1) is 24.2 Å². The molecular weight excluding hydrogens is 312 g/mol. The third kappa shape index (κ3) is 3.85. The van der Waals surface area contributed by atoms with Crippen LogP contribution in [-0.2, 0) is 13.0 Å². The first kappa shape index (κ1) is 17.5. The number of aromatic nitrogens is 2. The average Bonchev–Trinajstić information content (AvgIpc) is 2.90.